The van der Waals surface area contributed by atoms with Crippen LogP contribution >= 0.6 is 12.6 Å². The Labute approximate surface area is 140 Å². The van der Waals surface area contributed by atoms with E-state index in [2.05, 4.69) is 28.6 Å². The van der Waals surface area contributed by atoms with Crippen molar-refractivity contribution in [2.75, 3.05) is 18.8 Å². The van der Waals surface area contributed by atoms with E-state index in [9.17, 15) is 19.2 Å². The zero-order valence-electron chi connectivity index (χ0n) is 13.2. The summed E-state index contributed by atoms with van der Waals surface area (Å²) >= 11 is 3.82. The van der Waals surface area contributed by atoms with Crippen LogP contribution in [0.3, 0.4) is 0 Å². The van der Waals surface area contributed by atoms with Crippen molar-refractivity contribution in [3.63, 3.8) is 0 Å². The molecule has 9 nitrogen and oxygen atoms in total. The van der Waals surface area contributed by atoms with Crippen LogP contribution in [-0.4, -0.2) is 59.7 Å². The number of amides is 3. The molecule has 132 valence electrons. The van der Waals surface area contributed by atoms with Gasteiger partial charge in [0.2, 0.25) is 17.7 Å². The molecule has 0 rings (SSSR count). The minimum Gasteiger partial charge on any atom is -0.480 e. The molecule has 0 saturated carbocycles. The summed E-state index contributed by atoms with van der Waals surface area (Å²) in [5.74, 6) is -3.11. The highest BCUT2D eigenvalue weighted by molar-refractivity contribution is 7.80. The zero-order chi connectivity index (χ0) is 18.0. The number of rotatable bonds is 10. The Morgan fingerprint density at radius 3 is 2.22 bits per heavy atom. The molecule has 0 radical (unpaired) electrons. The first-order valence-corrected chi connectivity index (χ1v) is 7.80. The molecule has 3 amide bonds. The zero-order valence-corrected chi connectivity index (χ0v) is 14.1. The summed E-state index contributed by atoms with van der Waals surface area (Å²) in [5.41, 5.74) is 5.21. The Kier molecular flexibility index (Phi) is 9.99. The van der Waals surface area contributed by atoms with Crippen molar-refractivity contribution in [2.24, 2.45) is 11.7 Å². The van der Waals surface area contributed by atoms with E-state index in [0.29, 0.717) is 6.42 Å². The normalized spacial score (nSPS) is 14.3. The van der Waals surface area contributed by atoms with E-state index < -0.39 is 42.3 Å². The van der Waals surface area contributed by atoms with Crippen molar-refractivity contribution < 1.29 is 24.3 Å². The van der Waals surface area contributed by atoms with Crippen LogP contribution in [-0.2, 0) is 19.2 Å². The summed E-state index contributed by atoms with van der Waals surface area (Å²) in [6.07, 6.45) is 0.635. The molecule has 0 aromatic carbocycles. The van der Waals surface area contributed by atoms with E-state index in [0.717, 1.165) is 0 Å². The van der Waals surface area contributed by atoms with Crippen molar-refractivity contribution in [3.05, 3.63) is 0 Å². The average molecular weight is 348 g/mol. The number of aliphatic carboxylic acids is 1. The van der Waals surface area contributed by atoms with E-state index in [-0.39, 0.29) is 18.2 Å². The second kappa shape index (κ2) is 10.8. The lowest BCUT2D eigenvalue weighted by Crippen LogP contribution is -2.54. The lowest BCUT2D eigenvalue weighted by molar-refractivity contribution is -0.141. The van der Waals surface area contributed by atoms with Gasteiger partial charge in [-0.1, -0.05) is 20.3 Å². The molecule has 3 atom stereocenters. The van der Waals surface area contributed by atoms with E-state index in [4.69, 9.17) is 10.8 Å². The fourth-order valence-corrected chi connectivity index (χ4v) is 1.89. The molecular formula is C13H24N4O5S. The summed E-state index contributed by atoms with van der Waals surface area (Å²) in [6, 6.07) is -1.95. The van der Waals surface area contributed by atoms with Crippen LogP contribution in [0.4, 0.5) is 0 Å². The number of hydrogen-bond acceptors (Lipinski definition) is 6. The fraction of sp³-hybridized carbons (Fsp3) is 0.692. The number of hydrogen-bond donors (Lipinski definition) is 6. The van der Waals surface area contributed by atoms with Crippen LogP contribution in [0.25, 0.3) is 0 Å². The van der Waals surface area contributed by atoms with Crippen LogP contribution in [0.15, 0.2) is 0 Å². The van der Waals surface area contributed by atoms with Crippen molar-refractivity contribution in [3.8, 4) is 0 Å². The largest absolute Gasteiger partial charge is 0.480 e. The standard InChI is InChI=1S/C13H24N4O5S/c1-3-7(2)11(17-9(18)4-14)12(20)15-5-10(19)16-8(6-23)13(21)22/h7-8,11,23H,3-6,14H2,1-2H3,(H,15,20)(H,16,19)(H,17,18)(H,21,22)/t7-,8-,11-/m0/s1. The molecule has 6 N–H and O–H groups in total. The number of nitrogens with one attached hydrogen (secondary N) is 3. The number of nitrogens with two attached hydrogens (primary N) is 1. The molecule has 0 aromatic heterocycles. The van der Waals surface area contributed by atoms with Crippen LogP contribution in [0.2, 0.25) is 0 Å². The number of thiol groups is 1. The predicted molar refractivity (Wildman–Crippen MR) is 86.9 cm³/mol. The maximum Gasteiger partial charge on any atom is 0.327 e. The fourth-order valence-electron chi connectivity index (χ4n) is 1.64. The van der Waals surface area contributed by atoms with Crippen molar-refractivity contribution >= 4 is 36.3 Å². The molecule has 0 spiro atoms. The number of carboxylic acid groups (broad SMARTS) is 1. The molecule has 0 bridgehead atoms. The second-order valence-corrected chi connectivity index (χ2v) is 5.36. The van der Waals surface area contributed by atoms with Gasteiger partial charge in [0.15, 0.2) is 0 Å². The predicted octanol–water partition coefficient (Wildman–Crippen LogP) is -1.91. The highest BCUT2D eigenvalue weighted by Gasteiger charge is 2.26. The summed E-state index contributed by atoms with van der Waals surface area (Å²) in [4.78, 5) is 45.9. The minimum atomic E-state index is -1.22. The summed E-state index contributed by atoms with van der Waals surface area (Å²) in [6.45, 7) is 2.99. The van der Waals surface area contributed by atoms with Gasteiger partial charge in [0.05, 0.1) is 13.1 Å². The van der Waals surface area contributed by atoms with Gasteiger partial charge in [0, 0.05) is 5.75 Å². The van der Waals surface area contributed by atoms with E-state index in [1.807, 2.05) is 6.92 Å². The van der Waals surface area contributed by atoms with E-state index in [1.165, 1.54) is 0 Å². The SMILES string of the molecule is CC[C@H](C)[C@H](NC(=O)CN)C(=O)NCC(=O)N[C@@H](CS)C(=O)O. The number of carbonyl (C=O) groups is 4. The smallest absolute Gasteiger partial charge is 0.327 e. The molecule has 0 fully saturated rings. The molecule has 23 heavy (non-hydrogen) atoms. The third kappa shape index (κ3) is 7.84. The van der Waals surface area contributed by atoms with Gasteiger partial charge in [0.25, 0.3) is 0 Å². The van der Waals surface area contributed by atoms with E-state index >= 15 is 0 Å². The Bertz CT molecular complexity index is 446. The van der Waals surface area contributed by atoms with E-state index in [1.54, 1.807) is 6.92 Å². The lowest BCUT2D eigenvalue weighted by Gasteiger charge is -2.23. The Morgan fingerprint density at radius 2 is 1.78 bits per heavy atom. The first-order valence-electron chi connectivity index (χ1n) is 7.16. The van der Waals surface area contributed by atoms with Gasteiger partial charge in [-0.05, 0) is 5.92 Å². The highest BCUT2D eigenvalue weighted by Crippen LogP contribution is 2.07. The molecule has 0 aliphatic carbocycles. The number of carbonyl (C=O) groups excluding carboxylic acids is 3. The average Bonchev–Trinajstić information content (AvgIpc) is 2.53. The third-order valence-electron chi connectivity index (χ3n) is 3.24. The molecule has 0 aliphatic rings. The van der Waals surface area contributed by atoms with Gasteiger partial charge < -0.3 is 26.8 Å². The molecule has 0 aliphatic heterocycles. The first-order chi connectivity index (χ1) is 10.8. The highest BCUT2D eigenvalue weighted by atomic mass is 32.1. The summed E-state index contributed by atoms with van der Waals surface area (Å²) in [5, 5.41) is 15.9. The van der Waals surface area contributed by atoms with Crippen LogP contribution < -0.4 is 21.7 Å². The summed E-state index contributed by atoms with van der Waals surface area (Å²) < 4.78 is 0. The molecule has 0 heterocycles. The quantitative estimate of drug-likeness (QED) is 0.254. The lowest BCUT2D eigenvalue weighted by atomic mass is 9.98. The Morgan fingerprint density at radius 1 is 1.17 bits per heavy atom. The van der Waals surface area contributed by atoms with Crippen LogP contribution in [0.1, 0.15) is 20.3 Å². The van der Waals surface area contributed by atoms with Gasteiger partial charge in [0.1, 0.15) is 12.1 Å². The van der Waals surface area contributed by atoms with Crippen LogP contribution in [0.5, 0.6) is 0 Å². The Hall–Kier alpha value is -1.81. The van der Waals surface area contributed by atoms with Crippen molar-refractivity contribution in [2.45, 2.75) is 32.4 Å². The third-order valence-corrected chi connectivity index (χ3v) is 3.60. The van der Waals surface area contributed by atoms with Gasteiger partial charge in [-0.2, -0.15) is 12.6 Å². The van der Waals surface area contributed by atoms with Crippen molar-refractivity contribution in [1.29, 1.82) is 0 Å². The van der Waals surface area contributed by atoms with Gasteiger partial charge >= 0.3 is 5.97 Å². The maximum atomic E-state index is 12.1. The maximum absolute atomic E-state index is 12.1. The number of carboxylic acids is 1. The summed E-state index contributed by atoms with van der Waals surface area (Å²) in [7, 11) is 0. The van der Waals surface area contributed by atoms with Gasteiger partial charge in [-0.25, -0.2) is 4.79 Å². The molecule has 0 unspecified atom stereocenters. The molecular weight excluding hydrogens is 324 g/mol. The minimum absolute atomic E-state index is 0.0724. The molecule has 0 aromatic rings. The van der Waals surface area contributed by atoms with Crippen LogP contribution in [0, 0.1) is 5.92 Å². The van der Waals surface area contributed by atoms with Gasteiger partial charge in [-0.15, -0.1) is 0 Å². The molecule has 0 saturated heterocycles. The first kappa shape index (κ1) is 21.2. The van der Waals surface area contributed by atoms with Crippen molar-refractivity contribution in [1.82, 2.24) is 16.0 Å². The molecule has 10 heteroatoms. The second-order valence-electron chi connectivity index (χ2n) is 4.99. The topological polar surface area (TPSA) is 151 Å². The van der Waals surface area contributed by atoms with Gasteiger partial charge in [-0.3, -0.25) is 14.4 Å². The monoisotopic (exact) mass is 348 g/mol. The Balaban J connectivity index is 4.59.